The molecule has 0 atom stereocenters. The van der Waals surface area contributed by atoms with Crippen LogP contribution in [-0.2, 0) is 6.54 Å². The summed E-state index contributed by atoms with van der Waals surface area (Å²) < 4.78 is 0. The number of rotatable bonds is 6. The smallest absolute Gasteiger partial charge is 0.292 e. The first-order valence-corrected chi connectivity index (χ1v) is 7.11. The number of hydrogen-bond donors (Lipinski definition) is 1. The van der Waals surface area contributed by atoms with Gasteiger partial charge in [-0.3, -0.25) is 10.1 Å². The van der Waals surface area contributed by atoms with Crippen LogP contribution in [0.3, 0.4) is 0 Å². The van der Waals surface area contributed by atoms with E-state index in [2.05, 4.69) is 0 Å². The molecule has 2 rings (SSSR count). The summed E-state index contributed by atoms with van der Waals surface area (Å²) >= 11 is 0. The van der Waals surface area contributed by atoms with E-state index in [-0.39, 0.29) is 5.69 Å². The van der Waals surface area contributed by atoms with E-state index in [4.69, 9.17) is 0 Å². The quantitative estimate of drug-likeness (QED) is 0.656. The largest absolute Gasteiger partial charge is 0.389 e. The van der Waals surface area contributed by atoms with Crippen LogP contribution in [0.2, 0.25) is 0 Å². The van der Waals surface area contributed by atoms with Crippen molar-refractivity contribution < 1.29 is 10.0 Å². The lowest BCUT2D eigenvalue weighted by atomic mass is 10.1. The minimum Gasteiger partial charge on any atom is -0.389 e. The topological polar surface area (TPSA) is 66.6 Å². The summed E-state index contributed by atoms with van der Waals surface area (Å²) in [4.78, 5) is 12.7. The van der Waals surface area contributed by atoms with E-state index in [1.54, 1.807) is 32.0 Å². The zero-order valence-electron chi connectivity index (χ0n) is 12.8. The summed E-state index contributed by atoms with van der Waals surface area (Å²) in [5.41, 5.74) is 0.629. The Morgan fingerprint density at radius 3 is 2.27 bits per heavy atom. The van der Waals surface area contributed by atoms with Crippen molar-refractivity contribution in [2.24, 2.45) is 0 Å². The van der Waals surface area contributed by atoms with E-state index >= 15 is 0 Å². The minimum atomic E-state index is -0.960. The molecular formula is C17H20N2O3. The number of nitrogens with zero attached hydrogens (tertiary/aromatic N) is 2. The summed E-state index contributed by atoms with van der Waals surface area (Å²) in [6, 6.07) is 16.3. The second kappa shape index (κ2) is 6.58. The maximum atomic E-state index is 11.3. The van der Waals surface area contributed by atoms with Crippen LogP contribution in [-0.4, -0.2) is 22.2 Å². The number of aliphatic hydroxyl groups is 1. The standard InChI is InChI=1S/C17H20N2O3/c1-17(2,20)13-18(12-14-8-4-3-5-9-14)15-10-6-7-11-16(15)19(21)22/h3-11,20H,12-13H2,1-2H3. The molecule has 2 aromatic rings. The van der Waals surface area contributed by atoms with E-state index in [1.165, 1.54) is 6.07 Å². The summed E-state index contributed by atoms with van der Waals surface area (Å²) in [6.07, 6.45) is 0. The van der Waals surface area contributed by atoms with Gasteiger partial charge in [-0.1, -0.05) is 42.5 Å². The van der Waals surface area contributed by atoms with Crippen LogP contribution in [0.4, 0.5) is 11.4 Å². The van der Waals surface area contributed by atoms with Crippen LogP contribution >= 0.6 is 0 Å². The first-order chi connectivity index (χ1) is 10.4. The Morgan fingerprint density at radius 1 is 1.09 bits per heavy atom. The molecule has 0 heterocycles. The number of para-hydroxylation sites is 2. The third-order valence-corrected chi connectivity index (χ3v) is 3.21. The lowest BCUT2D eigenvalue weighted by Crippen LogP contribution is -2.38. The predicted molar refractivity (Wildman–Crippen MR) is 86.9 cm³/mol. The number of anilines is 1. The highest BCUT2D eigenvalue weighted by Crippen LogP contribution is 2.30. The van der Waals surface area contributed by atoms with Gasteiger partial charge in [0.15, 0.2) is 0 Å². The number of nitro groups is 1. The van der Waals surface area contributed by atoms with Crippen molar-refractivity contribution >= 4 is 11.4 Å². The second-order valence-electron chi connectivity index (χ2n) is 5.90. The first kappa shape index (κ1) is 16.0. The third-order valence-electron chi connectivity index (χ3n) is 3.21. The molecule has 0 saturated heterocycles. The molecule has 116 valence electrons. The molecule has 0 aliphatic rings. The monoisotopic (exact) mass is 300 g/mol. The van der Waals surface area contributed by atoms with Crippen LogP contribution in [0.1, 0.15) is 19.4 Å². The molecule has 1 N–H and O–H groups in total. The Labute approximate surface area is 130 Å². The fraction of sp³-hybridized carbons (Fsp3) is 0.294. The zero-order valence-corrected chi connectivity index (χ0v) is 12.8. The van der Waals surface area contributed by atoms with Gasteiger partial charge in [0.05, 0.1) is 10.5 Å². The summed E-state index contributed by atoms with van der Waals surface area (Å²) in [6.45, 7) is 4.18. The number of hydrogen-bond acceptors (Lipinski definition) is 4. The SMILES string of the molecule is CC(C)(O)CN(Cc1ccccc1)c1ccccc1[N+](=O)[O-]. The van der Waals surface area contributed by atoms with Gasteiger partial charge in [0.2, 0.25) is 0 Å². The molecule has 0 aliphatic heterocycles. The Bertz CT molecular complexity index is 636. The first-order valence-electron chi connectivity index (χ1n) is 7.11. The van der Waals surface area contributed by atoms with Crippen molar-refractivity contribution in [1.29, 1.82) is 0 Å². The van der Waals surface area contributed by atoms with Crippen LogP contribution in [0.5, 0.6) is 0 Å². The summed E-state index contributed by atoms with van der Waals surface area (Å²) in [5.74, 6) is 0. The molecule has 0 unspecified atom stereocenters. The molecule has 0 aromatic heterocycles. The molecule has 0 radical (unpaired) electrons. The molecule has 5 nitrogen and oxygen atoms in total. The Balaban J connectivity index is 2.38. The molecule has 0 saturated carbocycles. The van der Waals surface area contributed by atoms with Crippen molar-refractivity contribution in [2.45, 2.75) is 26.0 Å². The van der Waals surface area contributed by atoms with Crippen LogP contribution in [0, 0.1) is 10.1 Å². The van der Waals surface area contributed by atoms with Crippen LogP contribution < -0.4 is 4.90 Å². The van der Waals surface area contributed by atoms with Gasteiger partial charge in [-0.05, 0) is 25.5 Å². The van der Waals surface area contributed by atoms with E-state index in [9.17, 15) is 15.2 Å². The normalized spacial score (nSPS) is 11.2. The maximum Gasteiger partial charge on any atom is 0.292 e. The Kier molecular flexibility index (Phi) is 4.78. The lowest BCUT2D eigenvalue weighted by Gasteiger charge is -2.30. The highest BCUT2D eigenvalue weighted by atomic mass is 16.6. The van der Waals surface area contributed by atoms with Gasteiger partial charge in [-0.15, -0.1) is 0 Å². The van der Waals surface area contributed by atoms with E-state index in [1.807, 2.05) is 35.2 Å². The molecule has 0 amide bonds. The summed E-state index contributed by atoms with van der Waals surface area (Å²) in [7, 11) is 0. The minimum absolute atomic E-state index is 0.0441. The molecule has 0 bridgehead atoms. The zero-order chi connectivity index (χ0) is 16.2. The van der Waals surface area contributed by atoms with Crippen LogP contribution in [0.25, 0.3) is 0 Å². The number of benzene rings is 2. The molecular weight excluding hydrogens is 280 g/mol. The van der Waals surface area contributed by atoms with Crippen molar-refractivity contribution in [3.8, 4) is 0 Å². The van der Waals surface area contributed by atoms with Crippen molar-refractivity contribution in [1.82, 2.24) is 0 Å². The molecule has 5 heteroatoms. The predicted octanol–water partition coefficient (Wildman–Crippen LogP) is 3.37. The maximum absolute atomic E-state index is 11.3. The fourth-order valence-electron chi connectivity index (χ4n) is 2.38. The van der Waals surface area contributed by atoms with Crippen LogP contribution in [0.15, 0.2) is 54.6 Å². The summed E-state index contributed by atoms with van der Waals surface area (Å²) in [5, 5.41) is 21.4. The van der Waals surface area contributed by atoms with Crippen molar-refractivity contribution in [2.75, 3.05) is 11.4 Å². The molecule has 0 aliphatic carbocycles. The lowest BCUT2D eigenvalue weighted by molar-refractivity contribution is -0.384. The Hall–Kier alpha value is -2.40. The third kappa shape index (κ3) is 4.30. The van der Waals surface area contributed by atoms with Gasteiger partial charge in [-0.25, -0.2) is 0 Å². The van der Waals surface area contributed by atoms with Gasteiger partial charge in [0.25, 0.3) is 5.69 Å². The van der Waals surface area contributed by atoms with Crippen molar-refractivity contribution in [3.63, 3.8) is 0 Å². The van der Waals surface area contributed by atoms with Gasteiger partial charge in [-0.2, -0.15) is 0 Å². The van der Waals surface area contributed by atoms with Gasteiger partial charge in [0.1, 0.15) is 5.69 Å². The van der Waals surface area contributed by atoms with Gasteiger partial charge >= 0.3 is 0 Å². The average Bonchev–Trinajstić information content (AvgIpc) is 2.46. The van der Waals surface area contributed by atoms with Crippen molar-refractivity contribution in [3.05, 3.63) is 70.3 Å². The molecule has 2 aromatic carbocycles. The average molecular weight is 300 g/mol. The molecule has 0 spiro atoms. The fourth-order valence-corrected chi connectivity index (χ4v) is 2.38. The highest BCUT2D eigenvalue weighted by molar-refractivity contribution is 5.63. The Morgan fingerprint density at radius 2 is 1.68 bits per heavy atom. The van der Waals surface area contributed by atoms with E-state index in [0.29, 0.717) is 18.8 Å². The van der Waals surface area contributed by atoms with E-state index in [0.717, 1.165) is 5.56 Å². The number of nitro benzene ring substituents is 1. The van der Waals surface area contributed by atoms with Gasteiger partial charge < -0.3 is 10.0 Å². The van der Waals surface area contributed by atoms with Gasteiger partial charge in [0, 0.05) is 19.2 Å². The second-order valence-corrected chi connectivity index (χ2v) is 5.90. The molecule has 22 heavy (non-hydrogen) atoms. The molecule has 0 fully saturated rings. The van der Waals surface area contributed by atoms with E-state index < -0.39 is 10.5 Å². The highest BCUT2D eigenvalue weighted by Gasteiger charge is 2.24.